The number of hydrogen-bond donors (Lipinski definition) is 2. The zero-order chi connectivity index (χ0) is 12.2. The summed E-state index contributed by atoms with van der Waals surface area (Å²) < 4.78 is 49.3. The van der Waals surface area contributed by atoms with E-state index in [1.54, 1.807) is 0 Å². The Hall–Kier alpha value is -0.180. The van der Waals surface area contributed by atoms with Gasteiger partial charge < -0.3 is 0 Å². The van der Waals surface area contributed by atoms with Crippen LogP contribution in [0.1, 0.15) is 25.7 Å². The fraction of sp³-hybridized carbons (Fsp3) is 1.00. The van der Waals surface area contributed by atoms with Gasteiger partial charge in [0.05, 0.1) is 5.75 Å². The molecule has 0 heterocycles. The van der Waals surface area contributed by atoms with Crippen molar-refractivity contribution in [2.24, 2.45) is 0 Å². The first-order valence-electron chi connectivity index (χ1n) is 5.23. The van der Waals surface area contributed by atoms with Crippen molar-refractivity contribution in [3.63, 3.8) is 0 Å². The van der Waals surface area contributed by atoms with Crippen LogP contribution in [0.5, 0.6) is 0 Å². The lowest BCUT2D eigenvalue weighted by Crippen LogP contribution is -2.43. The molecule has 0 unspecified atom stereocenters. The molecule has 1 rings (SSSR count). The van der Waals surface area contributed by atoms with Crippen molar-refractivity contribution in [2.75, 3.05) is 18.6 Å². The van der Waals surface area contributed by atoms with Crippen LogP contribution in [-0.4, -0.2) is 41.4 Å². The van der Waals surface area contributed by atoms with Crippen molar-refractivity contribution < 1.29 is 16.8 Å². The molecule has 0 saturated heterocycles. The van der Waals surface area contributed by atoms with Crippen molar-refractivity contribution in [1.29, 1.82) is 0 Å². The third-order valence-corrected chi connectivity index (χ3v) is 4.62. The third-order valence-electron chi connectivity index (χ3n) is 2.44. The maximum atomic E-state index is 11.5. The smallest absolute Gasteiger partial charge is 0.229 e. The second-order valence-electron chi connectivity index (χ2n) is 4.13. The van der Waals surface area contributed by atoms with Crippen LogP contribution in [0.25, 0.3) is 0 Å². The predicted octanol–water partition coefficient (Wildman–Crippen LogP) is -0.602. The molecule has 0 aliphatic heterocycles. The van der Waals surface area contributed by atoms with E-state index in [9.17, 15) is 16.8 Å². The molecule has 0 radical (unpaired) electrons. The van der Waals surface area contributed by atoms with Crippen molar-refractivity contribution in [2.45, 2.75) is 31.7 Å². The quantitative estimate of drug-likeness (QED) is 0.674. The Bertz CT molecular complexity index is 409. The number of sulfone groups is 1. The maximum Gasteiger partial charge on any atom is 0.277 e. The number of rotatable bonds is 6. The average Bonchev–Trinajstić information content (AvgIpc) is 2.52. The lowest BCUT2D eigenvalue weighted by atomic mass is 10.3. The Morgan fingerprint density at radius 1 is 1.12 bits per heavy atom. The van der Waals surface area contributed by atoms with E-state index in [4.69, 9.17) is 0 Å². The molecule has 0 aromatic carbocycles. The zero-order valence-electron chi connectivity index (χ0n) is 9.27. The molecule has 6 nitrogen and oxygen atoms in total. The van der Waals surface area contributed by atoms with Gasteiger partial charge in [-0.3, -0.25) is 0 Å². The van der Waals surface area contributed by atoms with Gasteiger partial charge in [0.1, 0.15) is 9.84 Å². The number of hydrogen-bond acceptors (Lipinski definition) is 4. The van der Waals surface area contributed by atoms with Gasteiger partial charge in [0.15, 0.2) is 0 Å². The Morgan fingerprint density at radius 3 is 2.19 bits per heavy atom. The minimum atomic E-state index is -3.55. The molecule has 0 aromatic rings. The molecule has 96 valence electrons. The van der Waals surface area contributed by atoms with Gasteiger partial charge in [-0.1, -0.05) is 12.8 Å². The van der Waals surface area contributed by atoms with Crippen LogP contribution < -0.4 is 9.44 Å². The van der Waals surface area contributed by atoms with E-state index in [1.165, 1.54) is 0 Å². The van der Waals surface area contributed by atoms with Crippen LogP contribution in [0.3, 0.4) is 0 Å². The molecule has 0 spiro atoms. The summed E-state index contributed by atoms with van der Waals surface area (Å²) in [6.07, 6.45) is 4.86. The van der Waals surface area contributed by atoms with Gasteiger partial charge in [-0.05, 0) is 12.8 Å². The van der Waals surface area contributed by atoms with Crippen LogP contribution in [-0.2, 0) is 20.0 Å². The molecule has 2 N–H and O–H groups in total. The van der Waals surface area contributed by atoms with Gasteiger partial charge in [0.25, 0.3) is 10.2 Å². The zero-order valence-corrected chi connectivity index (χ0v) is 10.9. The van der Waals surface area contributed by atoms with Crippen molar-refractivity contribution in [3.8, 4) is 0 Å². The summed E-state index contributed by atoms with van der Waals surface area (Å²) in [6, 6.07) is -0.00395. The van der Waals surface area contributed by atoms with Gasteiger partial charge >= 0.3 is 0 Å². The largest absolute Gasteiger partial charge is 0.277 e. The molecule has 0 atom stereocenters. The van der Waals surface area contributed by atoms with Crippen LogP contribution in [0.4, 0.5) is 0 Å². The van der Waals surface area contributed by atoms with Crippen LogP contribution in [0.15, 0.2) is 0 Å². The summed E-state index contributed by atoms with van der Waals surface area (Å²) in [6.45, 7) is -0.0825. The molecule has 1 aliphatic rings. The third kappa shape index (κ3) is 5.78. The molecule has 16 heavy (non-hydrogen) atoms. The number of nitrogens with one attached hydrogen (secondary N) is 2. The molecule has 1 aliphatic carbocycles. The van der Waals surface area contributed by atoms with E-state index >= 15 is 0 Å². The Morgan fingerprint density at radius 2 is 1.69 bits per heavy atom. The van der Waals surface area contributed by atoms with Crippen LogP contribution in [0, 0.1) is 0 Å². The van der Waals surface area contributed by atoms with E-state index in [0.29, 0.717) is 0 Å². The van der Waals surface area contributed by atoms with Crippen molar-refractivity contribution in [3.05, 3.63) is 0 Å². The average molecular weight is 270 g/mol. The Labute approximate surface area is 96.9 Å². The van der Waals surface area contributed by atoms with E-state index in [2.05, 4.69) is 9.44 Å². The van der Waals surface area contributed by atoms with E-state index in [0.717, 1.165) is 31.9 Å². The lowest BCUT2D eigenvalue weighted by molar-refractivity contribution is 0.540. The summed E-state index contributed by atoms with van der Waals surface area (Å²) in [7, 11) is -6.68. The van der Waals surface area contributed by atoms with Crippen molar-refractivity contribution >= 4 is 20.0 Å². The first-order chi connectivity index (χ1) is 7.29. The van der Waals surface area contributed by atoms with Gasteiger partial charge in [-0.25, -0.2) is 13.1 Å². The molecule has 0 bridgehead atoms. The predicted molar refractivity (Wildman–Crippen MR) is 62.0 cm³/mol. The van der Waals surface area contributed by atoms with Gasteiger partial charge in [0.2, 0.25) is 0 Å². The van der Waals surface area contributed by atoms with Gasteiger partial charge in [-0.15, -0.1) is 0 Å². The van der Waals surface area contributed by atoms with E-state index < -0.39 is 20.0 Å². The first-order valence-corrected chi connectivity index (χ1v) is 8.77. The minimum Gasteiger partial charge on any atom is -0.229 e. The van der Waals surface area contributed by atoms with Gasteiger partial charge in [-0.2, -0.15) is 13.1 Å². The van der Waals surface area contributed by atoms with Crippen molar-refractivity contribution in [1.82, 2.24) is 9.44 Å². The summed E-state index contributed by atoms with van der Waals surface area (Å²) in [4.78, 5) is 0. The molecular formula is C8H18N2O4S2. The van der Waals surface area contributed by atoms with E-state index in [1.807, 2.05) is 0 Å². The topological polar surface area (TPSA) is 92.3 Å². The summed E-state index contributed by atoms with van der Waals surface area (Å²) in [5.41, 5.74) is 0. The standard InChI is InChI=1S/C8H18N2O4S2/c1-15(11,12)7-6-9-16(13,14)10-8-4-2-3-5-8/h8-10H,2-7H2,1H3. The molecule has 1 fully saturated rings. The monoisotopic (exact) mass is 270 g/mol. The minimum absolute atomic E-state index is 0.00395. The highest BCUT2D eigenvalue weighted by atomic mass is 32.2. The fourth-order valence-corrected chi connectivity index (χ4v) is 3.40. The highest BCUT2D eigenvalue weighted by Gasteiger charge is 2.20. The summed E-state index contributed by atoms with van der Waals surface area (Å²) >= 11 is 0. The summed E-state index contributed by atoms with van der Waals surface area (Å²) in [5, 5.41) is 0. The van der Waals surface area contributed by atoms with E-state index in [-0.39, 0.29) is 18.3 Å². The summed E-state index contributed by atoms with van der Waals surface area (Å²) in [5.74, 6) is -0.182. The molecule has 8 heteroatoms. The second-order valence-corrected chi connectivity index (χ2v) is 7.92. The fourth-order valence-electron chi connectivity index (χ4n) is 1.67. The SMILES string of the molecule is CS(=O)(=O)CCNS(=O)(=O)NC1CCCC1. The molecule has 0 amide bonds. The molecule has 0 aromatic heterocycles. The second kappa shape index (κ2) is 5.44. The first kappa shape index (κ1) is 13.9. The maximum absolute atomic E-state index is 11.5. The van der Waals surface area contributed by atoms with Crippen LogP contribution >= 0.6 is 0 Å². The van der Waals surface area contributed by atoms with Crippen LogP contribution in [0.2, 0.25) is 0 Å². The highest BCUT2D eigenvalue weighted by Crippen LogP contribution is 2.17. The molecular weight excluding hydrogens is 252 g/mol. The normalized spacial score (nSPS) is 19.1. The highest BCUT2D eigenvalue weighted by molar-refractivity contribution is 7.90. The molecule has 1 saturated carbocycles. The Balaban J connectivity index is 2.34. The lowest BCUT2D eigenvalue weighted by Gasteiger charge is -2.12. The van der Waals surface area contributed by atoms with Gasteiger partial charge in [0, 0.05) is 18.8 Å². The Kier molecular flexibility index (Phi) is 4.72.